The van der Waals surface area contributed by atoms with Gasteiger partial charge in [-0.05, 0) is 17.5 Å². The first-order valence-corrected chi connectivity index (χ1v) is 7.66. The second kappa shape index (κ2) is 8.13. The molecular weight excluding hydrogens is 292 g/mol. The van der Waals surface area contributed by atoms with Crippen LogP contribution in [0.4, 0.5) is 0 Å². The molecule has 0 amide bonds. The zero-order chi connectivity index (χ0) is 16.7. The maximum Gasteiger partial charge on any atom is 0.345 e. The third kappa shape index (κ3) is 4.42. The number of carboxylic acids is 1. The van der Waals surface area contributed by atoms with Crippen LogP contribution >= 0.6 is 0 Å². The Morgan fingerprint density at radius 3 is 1.83 bits per heavy atom. The van der Waals surface area contributed by atoms with Crippen molar-refractivity contribution >= 4 is 11.9 Å². The maximum atomic E-state index is 12.6. The van der Waals surface area contributed by atoms with Crippen LogP contribution in [0.2, 0.25) is 0 Å². The molecule has 2 aromatic carbocycles. The van der Waals surface area contributed by atoms with E-state index >= 15 is 0 Å². The van der Waals surface area contributed by atoms with E-state index in [0.717, 1.165) is 11.1 Å². The fourth-order valence-electron chi connectivity index (χ4n) is 2.46. The number of ether oxygens (including phenoxy) is 1. The van der Waals surface area contributed by atoms with Crippen LogP contribution in [-0.4, -0.2) is 23.1 Å². The van der Waals surface area contributed by atoms with Crippen LogP contribution in [0.3, 0.4) is 0 Å². The second-order valence-electron chi connectivity index (χ2n) is 5.31. The highest BCUT2D eigenvalue weighted by Gasteiger charge is 2.29. The lowest BCUT2D eigenvalue weighted by Crippen LogP contribution is -2.30. The summed E-state index contributed by atoms with van der Waals surface area (Å²) in [4.78, 5) is 23.9. The summed E-state index contributed by atoms with van der Waals surface area (Å²) in [6, 6.07) is 18.5. The molecule has 0 spiro atoms. The molecule has 120 valence electrons. The fraction of sp³-hybridized carbons (Fsp3) is 0.263. The lowest BCUT2D eigenvalue weighted by molar-refractivity contribution is -0.164. The highest BCUT2D eigenvalue weighted by molar-refractivity contribution is 5.85. The Kier molecular flexibility index (Phi) is 5.92. The molecule has 1 atom stereocenters. The van der Waals surface area contributed by atoms with E-state index in [4.69, 9.17) is 4.74 Å². The Hall–Kier alpha value is -2.62. The van der Waals surface area contributed by atoms with Crippen LogP contribution in [0.15, 0.2) is 60.7 Å². The first kappa shape index (κ1) is 16.7. The molecule has 0 saturated carbocycles. The van der Waals surface area contributed by atoms with Crippen molar-refractivity contribution < 1.29 is 19.4 Å². The number of hydrogen-bond donors (Lipinski definition) is 1. The molecule has 0 bridgehead atoms. The Bertz CT molecular complexity index is 597. The van der Waals surface area contributed by atoms with Crippen molar-refractivity contribution in [3.63, 3.8) is 0 Å². The van der Waals surface area contributed by atoms with E-state index in [1.165, 1.54) is 0 Å². The van der Waals surface area contributed by atoms with Crippen molar-refractivity contribution in [1.82, 2.24) is 0 Å². The minimum atomic E-state index is -1.11. The van der Waals surface area contributed by atoms with E-state index in [2.05, 4.69) is 0 Å². The number of esters is 1. The van der Waals surface area contributed by atoms with Gasteiger partial charge in [-0.3, -0.25) is 4.79 Å². The summed E-state index contributed by atoms with van der Waals surface area (Å²) < 4.78 is 5.28. The molecule has 23 heavy (non-hydrogen) atoms. The predicted octanol–water partition coefficient (Wildman–Crippen LogP) is 3.62. The van der Waals surface area contributed by atoms with Crippen LogP contribution in [0.25, 0.3) is 0 Å². The average molecular weight is 312 g/mol. The van der Waals surface area contributed by atoms with Crippen molar-refractivity contribution in [3.05, 3.63) is 71.8 Å². The summed E-state index contributed by atoms with van der Waals surface area (Å²) in [6.45, 7) is 1.86. The predicted molar refractivity (Wildman–Crippen MR) is 87.2 cm³/mol. The first-order valence-electron chi connectivity index (χ1n) is 7.66. The summed E-state index contributed by atoms with van der Waals surface area (Å²) in [7, 11) is 0. The van der Waals surface area contributed by atoms with Crippen LogP contribution in [-0.2, 0) is 14.3 Å². The van der Waals surface area contributed by atoms with Gasteiger partial charge in [0.15, 0.2) is 6.10 Å². The third-order valence-corrected chi connectivity index (χ3v) is 3.59. The molecular formula is C19H20O4. The molecule has 0 aliphatic heterocycles. The smallest absolute Gasteiger partial charge is 0.345 e. The SMILES string of the molecule is CCC[C@@H](OC(=O)C(c1ccccc1)c1ccccc1)C(=O)O. The van der Waals surface area contributed by atoms with Gasteiger partial charge in [-0.25, -0.2) is 4.79 Å². The summed E-state index contributed by atoms with van der Waals surface area (Å²) in [6.07, 6.45) is -0.175. The van der Waals surface area contributed by atoms with Crippen molar-refractivity contribution in [1.29, 1.82) is 0 Å². The number of aliphatic carboxylic acids is 1. The third-order valence-electron chi connectivity index (χ3n) is 3.59. The minimum Gasteiger partial charge on any atom is -0.479 e. The lowest BCUT2D eigenvalue weighted by atomic mass is 9.91. The fourth-order valence-corrected chi connectivity index (χ4v) is 2.46. The van der Waals surface area contributed by atoms with Gasteiger partial charge in [0.05, 0.1) is 0 Å². The van der Waals surface area contributed by atoms with Gasteiger partial charge in [-0.15, -0.1) is 0 Å². The first-order chi connectivity index (χ1) is 11.1. The lowest BCUT2D eigenvalue weighted by Gasteiger charge is -2.20. The Labute approximate surface area is 135 Å². The number of carbonyl (C=O) groups is 2. The number of hydrogen-bond acceptors (Lipinski definition) is 3. The monoisotopic (exact) mass is 312 g/mol. The number of carbonyl (C=O) groups excluding carboxylic acids is 1. The van der Waals surface area contributed by atoms with Crippen molar-refractivity contribution in [3.8, 4) is 0 Å². The summed E-state index contributed by atoms with van der Waals surface area (Å²) >= 11 is 0. The van der Waals surface area contributed by atoms with Crippen molar-refractivity contribution in [2.75, 3.05) is 0 Å². The van der Waals surface area contributed by atoms with Crippen molar-refractivity contribution in [2.45, 2.75) is 31.8 Å². The zero-order valence-corrected chi connectivity index (χ0v) is 13.0. The Morgan fingerprint density at radius 1 is 0.957 bits per heavy atom. The highest BCUT2D eigenvalue weighted by Crippen LogP contribution is 2.26. The van der Waals surface area contributed by atoms with E-state index in [1.807, 2.05) is 67.6 Å². The molecule has 0 heterocycles. The highest BCUT2D eigenvalue weighted by atomic mass is 16.6. The molecule has 2 aromatic rings. The van der Waals surface area contributed by atoms with Crippen LogP contribution < -0.4 is 0 Å². The van der Waals surface area contributed by atoms with Gasteiger partial charge >= 0.3 is 11.9 Å². The number of benzene rings is 2. The maximum absolute atomic E-state index is 12.6. The van der Waals surface area contributed by atoms with E-state index in [0.29, 0.717) is 12.8 Å². The quantitative estimate of drug-likeness (QED) is 0.793. The molecule has 0 radical (unpaired) electrons. The summed E-state index contributed by atoms with van der Waals surface area (Å²) in [5.41, 5.74) is 1.56. The molecule has 4 heteroatoms. The van der Waals surface area contributed by atoms with Gasteiger partial charge in [-0.2, -0.15) is 0 Å². The van der Waals surface area contributed by atoms with Gasteiger partial charge in [0, 0.05) is 0 Å². The molecule has 0 unspecified atom stereocenters. The molecule has 0 aromatic heterocycles. The standard InChI is InChI=1S/C19H20O4/c1-2-9-16(18(20)21)23-19(22)17(14-10-5-3-6-11-14)15-12-7-4-8-13-15/h3-8,10-13,16-17H,2,9H2,1H3,(H,20,21)/t16-/m1/s1. The normalized spacial score (nSPS) is 11.9. The van der Waals surface area contributed by atoms with E-state index in [-0.39, 0.29) is 0 Å². The van der Waals surface area contributed by atoms with Gasteiger partial charge in [0.25, 0.3) is 0 Å². The Morgan fingerprint density at radius 2 is 1.43 bits per heavy atom. The zero-order valence-electron chi connectivity index (χ0n) is 13.0. The van der Waals surface area contributed by atoms with Gasteiger partial charge in [0.1, 0.15) is 5.92 Å². The number of rotatable bonds is 7. The van der Waals surface area contributed by atoms with Crippen molar-refractivity contribution in [2.24, 2.45) is 0 Å². The second-order valence-corrected chi connectivity index (χ2v) is 5.31. The molecule has 4 nitrogen and oxygen atoms in total. The van der Waals surface area contributed by atoms with E-state index in [9.17, 15) is 14.7 Å². The van der Waals surface area contributed by atoms with E-state index < -0.39 is 24.0 Å². The van der Waals surface area contributed by atoms with Crippen LogP contribution in [0.1, 0.15) is 36.8 Å². The molecule has 0 fully saturated rings. The summed E-state index contributed by atoms with van der Waals surface area (Å²) in [5, 5.41) is 9.20. The minimum absolute atomic E-state index is 0.303. The topological polar surface area (TPSA) is 63.6 Å². The van der Waals surface area contributed by atoms with Gasteiger partial charge in [0.2, 0.25) is 0 Å². The van der Waals surface area contributed by atoms with E-state index in [1.54, 1.807) is 0 Å². The van der Waals surface area contributed by atoms with Crippen LogP contribution in [0.5, 0.6) is 0 Å². The molecule has 1 N–H and O–H groups in total. The molecule has 2 rings (SSSR count). The molecule has 0 aliphatic carbocycles. The molecule has 0 aliphatic rings. The molecule has 0 saturated heterocycles. The number of carboxylic acid groups (broad SMARTS) is 1. The Balaban J connectivity index is 2.30. The largest absolute Gasteiger partial charge is 0.479 e. The van der Waals surface area contributed by atoms with Gasteiger partial charge in [-0.1, -0.05) is 74.0 Å². The summed E-state index contributed by atoms with van der Waals surface area (Å²) in [5.74, 6) is -2.28. The van der Waals surface area contributed by atoms with Gasteiger partial charge < -0.3 is 9.84 Å². The van der Waals surface area contributed by atoms with Crippen LogP contribution in [0, 0.1) is 0 Å². The average Bonchev–Trinajstić information content (AvgIpc) is 2.56.